The van der Waals surface area contributed by atoms with Crippen molar-refractivity contribution in [3.8, 4) is 0 Å². The first kappa shape index (κ1) is 16.0. The fraction of sp³-hybridized carbons (Fsp3) is 0.368. The van der Waals surface area contributed by atoms with E-state index in [2.05, 4.69) is 0 Å². The van der Waals surface area contributed by atoms with E-state index in [1.165, 1.54) is 12.3 Å². The SMILES string of the molecule is NC1CC=C(c2cc3c(cc2F)c(=O)c(C(=O)O)cn3C2CC2)CC1. The molecule has 1 atom stereocenters. The van der Waals surface area contributed by atoms with Crippen LogP contribution in [0.4, 0.5) is 4.39 Å². The summed E-state index contributed by atoms with van der Waals surface area (Å²) in [5.41, 5.74) is 6.94. The molecule has 1 fully saturated rings. The van der Waals surface area contributed by atoms with Gasteiger partial charge in [-0.15, -0.1) is 0 Å². The number of hydrogen-bond acceptors (Lipinski definition) is 3. The van der Waals surface area contributed by atoms with Crippen LogP contribution in [0.2, 0.25) is 0 Å². The van der Waals surface area contributed by atoms with Gasteiger partial charge in [-0.1, -0.05) is 6.08 Å². The summed E-state index contributed by atoms with van der Waals surface area (Å²) in [5.74, 6) is -1.77. The van der Waals surface area contributed by atoms with Crippen molar-refractivity contribution >= 4 is 22.4 Å². The van der Waals surface area contributed by atoms with Crippen LogP contribution in [0.15, 0.2) is 29.2 Å². The maximum atomic E-state index is 14.7. The van der Waals surface area contributed by atoms with Gasteiger partial charge < -0.3 is 15.4 Å². The molecular formula is C19H19FN2O3. The molecule has 130 valence electrons. The monoisotopic (exact) mass is 342 g/mol. The Hall–Kier alpha value is -2.47. The van der Waals surface area contributed by atoms with E-state index in [4.69, 9.17) is 5.73 Å². The number of hydrogen-bond donors (Lipinski definition) is 2. The predicted octanol–water partition coefficient (Wildman–Crippen LogP) is 3.07. The van der Waals surface area contributed by atoms with Gasteiger partial charge in [-0.2, -0.15) is 0 Å². The molecule has 0 amide bonds. The minimum Gasteiger partial charge on any atom is -0.477 e. The first-order chi connectivity index (χ1) is 12.0. The van der Waals surface area contributed by atoms with E-state index < -0.39 is 17.2 Å². The van der Waals surface area contributed by atoms with Gasteiger partial charge in [0, 0.05) is 29.2 Å². The third kappa shape index (κ3) is 2.76. The highest BCUT2D eigenvalue weighted by molar-refractivity contribution is 5.93. The second kappa shape index (κ2) is 5.81. The van der Waals surface area contributed by atoms with Gasteiger partial charge in [0.25, 0.3) is 0 Å². The predicted molar refractivity (Wildman–Crippen MR) is 93.2 cm³/mol. The first-order valence-corrected chi connectivity index (χ1v) is 8.52. The van der Waals surface area contributed by atoms with Gasteiger partial charge in [0.15, 0.2) is 0 Å². The molecule has 1 aromatic heterocycles. The summed E-state index contributed by atoms with van der Waals surface area (Å²) in [7, 11) is 0. The molecule has 6 heteroatoms. The average Bonchev–Trinajstić information content (AvgIpc) is 3.41. The number of fused-ring (bicyclic) bond motifs is 1. The number of nitrogens with zero attached hydrogens (tertiary/aromatic N) is 1. The first-order valence-electron chi connectivity index (χ1n) is 8.52. The van der Waals surface area contributed by atoms with Gasteiger partial charge in [0.2, 0.25) is 5.43 Å². The highest BCUT2D eigenvalue weighted by atomic mass is 19.1. The summed E-state index contributed by atoms with van der Waals surface area (Å²) in [6, 6.07) is 3.16. The van der Waals surface area contributed by atoms with E-state index in [1.54, 1.807) is 6.07 Å². The minimum atomic E-state index is -1.28. The van der Waals surface area contributed by atoms with Crippen LogP contribution in [0.1, 0.15) is 54.1 Å². The van der Waals surface area contributed by atoms with Crippen LogP contribution < -0.4 is 11.2 Å². The standard InChI is InChI=1S/C19H19FN2O3/c20-16-7-14-17(8-13(16)10-1-3-11(21)4-2-10)22(12-5-6-12)9-15(18(14)23)19(24)25/h1,7-9,11-12H,2-6,21H2,(H,24,25). The molecule has 3 N–H and O–H groups in total. The number of allylic oxidation sites excluding steroid dienone is 1. The quantitative estimate of drug-likeness (QED) is 0.898. The van der Waals surface area contributed by atoms with Crippen molar-refractivity contribution in [1.82, 2.24) is 4.57 Å². The van der Waals surface area contributed by atoms with Gasteiger partial charge in [-0.25, -0.2) is 9.18 Å². The number of halogens is 1. The number of rotatable bonds is 3. The van der Waals surface area contributed by atoms with Crippen LogP contribution in [-0.2, 0) is 0 Å². The number of nitrogens with two attached hydrogens (primary N) is 1. The summed E-state index contributed by atoms with van der Waals surface area (Å²) in [6.07, 6.45) is 7.44. The van der Waals surface area contributed by atoms with Crippen molar-refractivity contribution in [1.29, 1.82) is 0 Å². The van der Waals surface area contributed by atoms with Crippen molar-refractivity contribution in [2.75, 3.05) is 0 Å². The van der Waals surface area contributed by atoms with Crippen LogP contribution >= 0.6 is 0 Å². The molecule has 25 heavy (non-hydrogen) atoms. The van der Waals surface area contributed by atoms with Crippen LogP contribution in [0.25, 0.3) is 16.5 Å². The lowest BCUT2D eigenvalue weighted by atomic mass is 9.90. The number of carbonyl (C=O) groups is 1. The largest absolute Gasteiger partial charge is 0.477 e. The van der Waals surface area contributed by atoms with Crippen LogP contribution in [-0.4, -0.2) is 21.7 Å². The third-order valence-electron chi connectivity index (χ3n) is 5.09. The summed E-state index contributed by atoms with van der Waals surface area (Å²) in [5, 5.41) is 9.40. The lowest BCUT2D eigenvalue weighted by Crippen LogP contribution is -2.22. The van der Waals surface area contributed by atoms with Crippen molar-refractivity contribution in [3.63, 3.8) is 0 Å². The van der Waals surface area contributed by atoms with E-state index in [1.807, 2.05) is 10.6 Å². The number of pyridine rings is 1. The molecule has 1 aromatic carbocycles. The van der Waals surface area contributed by atoms with Crippen molar-refractivity contribution in [2.45, 2.75) is 44.2 Å². The normalized spacial score (nSPS) is 20.6. The number of aromatic carboxylic acids is 1. The van der Waals surface area contributed by atoms with E-state index in [0.717, 1.165) is 24.8 Å². The molecule has 0 aliphatic heterocycles. The molecule has 4 rings (SSSR count). The lowest BCUT2D eigenvalue weighted by Gasteiger charge is -2.20. The van der Waals surface area contributed by atoms with Crippen molar-refractivity contribution < 1.29 is 14.3 Å². The van der Waals surface area contributed by atoms with E-state index in [-0.39, 0.29) is 23.0 Å². The molecule has 0 saturated heterocycles. The van der Waals surface area contributed by atoms with Gasteiger partial charge in [0.05, 0.1) is 5.52 Å². The number of carboxylic acids is 1. The smallest absolute Gasteiger partial charge is 0.341 e. The van der Waals surface area contributed by atoms with Gasteiger partial charge >= 0.3 is 5.97 Å². The fourth-order valence-corrected chi connectivity index (χ4v) is 3.52. The Morgan fingerprint density at radius 2 is 2.04 bits per heavy atom. The van der Waals surface area contributed by atoms with E-state index >= 15 is 0 Å². The zero-order valence-corrected chi connectivity index (χ0v) is 13.7. The topological polar surface area (TPSA) is 85.3 Å². The number of benzene rings is 1. The minimum absolute atomic E-state index is 0.107. The van der Waals surface area contributed by atoms with E-state index in [0.29, 0.717) is 23.9 Å². The Morgan fingerprint density at radius 3 is 2.64 bits per heavy atom. The summed E-state index contributed by atoms with van der Waals surface area (Å²) in [6.45, 7) is 0. The molecule has 0 spiro atoms. The molecule has 2 aliphatic rings. The molecule has 0 bridgehead atoms. The summed E-state index contributed by atoms with van der Waals surface area (Å²) in [4.78, 5) is 23.8. The molecule has 1 heterocycles. The molecule has 1 saturated carbocycles. The molecule has 1 unspecified atom stereocenters. The Kier molecular flexibility index (Phi) is 3.72. The Balaban J connectivity index is 1.96. The van der Waals surface area contributed by atoms with Crippen molar-refractivity contribution in [3.05, 3.63) is 51.6 Å². The van der Waals surface area contributed by atoms with Gasteiger partial charge in [-0.05, 0) is 49.8 Å². The molecule has 2 aliphatic carbocycles. The maximum Gasteiger partial charge on any atom is 0.341 e. The number of carboxylic acid groups (broad SMARTS) is 1. The third-order valence-corrected chi connectivity index (χ3v) is 5.09. The maximum absolute atomic E-state index is 14.7. The second-order valence-corrected chi connectivity index (χ2v) is 6.93. The van der Waals surface area contributed by atoms with E-state index in [9.17, 15) is 19.1 Å². The Morgan fingerprint density at radius 1 is 1.28 bits per heavy atom. The Bertz CT molecular complexity index is 973. The number of aromatic nitrogens is 1. The zero-order chi connectivity index (χ0) is 17.7. The molecular weight excluding hydrogens is 323 g/mol. The highest BCUT2D eigenvalue weighted by Crippen LogP contribution is 2.38. The summed E-state index contributed by atoms with van der Waals surface area (Å²) >= 11 is 0. The summed E-state index contributed by atoms with van der Waals surface area (Å²) < 4.78 is 16.5. The molecule has 0 radical (unpaired) electrons. The Labute approximate surface area is 143 Å². The van der Waals surface area contributed by atoms with Crippen molar-refractivity contribution in [2.24, 2.45) is 5.73 Å². The molecule has 5 nitrogen and oxygen atoms in total. The molecule has 2 aromatic rings. The van der Waals surface area contributed by atoms with Crippen LogP contribution in [0.3, 0.4) is 0 Å². The second-order valence-electron chi connectivity index (χ2n) is 6.93. The lowest BCUT2D eigenvalue weighted by molar-refractivity contribution is 0.0695. The van der Waals surface area contributed by atoms with Gasteiger partial charge in [0.1, 0.15) is 11.4 Å². The van der Waals surface area contributed by atoms with Crippen LogP contribution in [0.5, 0.6) is 0 Å². The van der Waals surface area contributed by atoms with Crippen LogP contribution in [0, 0.1) is 5.82 Å². The fourth-order valence-electron chi connectivity index (χ4n) is 3.52. The highest BCUT2D eigenvalue weighted by Gasteiger charge is 2.27. The van der Waals surface area contributed by atoms with Gasteiger partial charge in [-0.3, -0.25) is 4.79 Å². The zero-order valence-electron chi connectivity index (χ0n) is 13.7. The average molecular weight is 342 g/mol.